The second-order valence-electron chi connectivity index (χ2n) is 5.04. The maximum absolute atomic E-state index is 12.0. The predicted molar refractivity (Wildman–Crippen MR) is 77.5 cm³/mol. The number of aromatic nitrogens is 1. The van der Waals surface area contributed by atoms with Gasteiger partial charge < -0.3 is 15.0 Å². The summed E-state index contributed by atoms with van der Waals surface area (Å²) in [5.74, 6) is 0.901. The lowest BCUT2D eigenvalue weighted by Gasteiger charge is -2.26. The van der Waals surface area contributed by atoms with Gasteiger partial charge in [-0.3, -0.25) is 4.79 Å². The van der Waals surface area contributed by atoms with Crippen molar-refractivity contribution in [2.45, 2.75) is 32.2 Å². The van der Waals surface area contributed by atoms with Crippen molar-refractivity contribution in [2.24, 2.45) is 0 Å². The van der Waals surface area contributed by atoms with Crippen molar-refractivity contribution in [3.05, 3.63) is 23.9 Å². The van der Waals surface area contributed by atoms with Gasteiger partial charge in [-0.2, -0.15) is 0 Å². The van der Waals surface area contributed by atoms with E-state index in [1.165, 1.54) is 6.42 Å². The third-order valence-corrected chi connectivity index (χ3v) is 3.58. The zero-order valence-electron chi connectivity index (χ0n) is 12.1. The van der Waals surface area contributed by atoms with Crippen molar-refractivity contribution in [1.82, 2.24) is 15.2 Å². The van der Waals surface area contributed by atoms with Crippen LogP contribution < -0.4 is 10.1 Å². The first kappa shape index (κ1) is 14.8. The summed E-state index contributed by atoms with van der Waals surface area (Å²) in [7, 11) is 1.62. The Hall–Kier alpha value is -1.62. The summed E-state index contributed by atoms with van der Waals surface area (Å²) in [5, 5.41) is 3.28. The highest BCUT2D eigenvalue weighted by atomic mass is 16.5. The first-order valence-electron chi connectivity index (χ1n) is 7.27. The van der Waals surface area contributed by atoms with Crippen LogP contribution >= 0.6 is 0 Å². The Kier molecular flexibility index (Phi) is 5.80. The van der Waals surface area contributed by atoms with Crippen molar-refractivity contribution in [3.63, 3.8) is 0 Å². The number of hydrogen-bond acceptors (Lipinski definition) is 4. The van der Waals surface area contributed by atoms with Gasteiger partial charge in [-0.25, -0.2) is 4.98 Å². The highest BCUT2D eigenvalue weighted by Crippen LogP contribution is 2.13. The zero-order chi connectivity index (χ0) is 14.2. The molecule has 0 radical (unpaired) electrons. The number of nitrogens with zero attached hydrogens (tertiary/aromatic N) is 2. The van der Waals surface area contributed by atoms with E-state index in [4.69, 9.17) is 4.74 Å². The van der Waals surface area contributed by atoms with Crippen LogP contribution in [0.1, 0.15) is 31.2 Å². The van der Waals surface area contributed by atoms with Crippen molar-refractivity contribution >= 4 is 5.91 Å². The van der Waals surface area contributed by atoms with E-state index >= 15 is 0 Å². The summed E-state index contributed by atoms with van der Waals surface area (Å²) >= 11 is 0. The van der Waals surface area contributed by atoms with Crippen molar-refractivity contribution in [3.8, 4) is 5.88 Å². The molecule has 0 bridgehead atoms. The Morgan fingerprint density at radius 1 is 1.40 bits per heavy atom. The van der Waals surface area contributed by atoms with E-state index < -0.39 is 0 Å². The molecule has 1 aromatic rings. The van der Waals surface area contributed by atoms with Gasteiger partial charge in [-0.15, -0.1) is 0 Å². The van der Waals surface area contributed by atoms with Crippen LogP contribution in [0.25, 0.3) is 0 Å². The Labute approximate surface area is 120 Å². The van der Waals surface area contributed by atoms with Gasteiger partial charge in [0.1, 0.15) is 0 Å². The van der Waals surface area contributed by atoms with Crippen LogP contribution in [0.15, 0.2) is 18.3 Å². The molecule has 1 N–H and O–H groups in total. The summed E-state index contributed by atoms with van der Waals surface area (Å²) in [6.07, 6.45) is 5.81. The highest BCUT2D eigenvalue weighted by Gasteiger charge is 2.15. The molecular weight excluding hydrogens is 254 g/mol. The molecule has 0 unspecified atom stereocenters. The van der Waals surface area contributed by atoms with E-state index in [1.807, 2.05) is 17.0 Å². The fourth-order valence-corrected chi connectivity index (χ4v) is 2.46. The molecule has 1 saturated heterocycles. The molecule has 110 valence electrons. The van der Waals surface area contributed by atoms with Crippen LogP contribution in [-0.4, -0.2) is 42.5 Å². The molecule has 5 heteroatoms. The topological polar surface area (TPSA) is 54.5 Å². The van der Waals surface area contributed by atoms with Gasteiger partial charge in [0.25, 0.3) is 0 Å². The van der Waals surface area contributed by atoms with E-state index in [0.717, 1.165) is 31.5 Å². The number of rotatable bonds is 6. The number of ether oxygens (including phenoxy) is 1. The molecule has 2 rings (SSSR count). The molecule has 1 amide bonds. The fourth-order valence-electron chi connectivity index (χ4n) is 2.46. The summed E-state index contributed by atoms with van der Waals surface area (Å²) in [4.78, 5) is 18.1. The highest BCUT2D eigenvalue weighted by molar-refractivity contribution is 5.76. The van der Waals surface area contributed by atoms with Crippen LogP contribution in [0.3, 0.4) is 0 Å². The van der Waals surface area contributed by atoms with Gasteiger partial charge in [0, 0.05) is 44.4 Å². The van der Waals surface area contributed by atoms with Crippen LogP contribution in [-0.2, 0) is 11.3 Å². The number of pyridine rings is 1. The number of carbonyl (C=O) groups excluding carboxylic acids is 1. The number of likely N-dealkylation sites (tertiary alicyclic amines) is 1. The molecule has 1 aromatic heterocycles. The maximum Gasteiger partial charge on any atom is 0.223 e. The zero-order valence-corrected chi connectivity index (χ0v) is 12.1. The summed E-state index contributed by atoms with van der Waals surface area (Å²) < 4.78 is 5.19. The summed E-state index contributed by atoms with van der Waals surface area (Å²) in [5.41, 5.74) is 1.01. The van der Waals surface area contributed by atoms with Crippen molar-refractivity contribution < 1.29 is 9.53 Å². The molecule has 0 aromatic carbocycles. The quantitative estimate of drug-likeness (QED) is 0.802. The molecule has 2 heterocycles. The molecule has 5 nitrogen and oxygen atoms in total. The average molecular weight is 277 g/mol. The van der Waals surface area contributed by atoms with Gasteiger partial charge in [-0.05, 0) is 25.3 Å². The molecule has 1 aliphatic heterocycles. The number of piperidine rings is 1. The van der Waals surface area contributed by atoms with Crippen LogP contribution in [0, 0.1) is 0 Å². The van der Waals surface area contributed by atoms with Crippen molar-refractivity contribution in [2.75, 3.05) is 26.7 Å². The number of carbonyl (C=O) groups is 1. The number of amides is 1. The normalized spacial score (nSPS) is 15.2. The third kappa shape index (κ3) is 4.20. The minimum absolute atomic E-state index is 0.260. The molecule has 1 aliphatic rings. The largest absolute Gasteiger partial charge is 0.481 e. The Morgan fingerprint density at radius 2 is 2.20 bits per heavy atom. The molecule has 0 spiro atoms. The fraction of sp³-hybridized carbons (Fsp3) is 0.600. The Bertz CT molecular complexity index is 431. The van der Waals surface area contributed by atoms with Gasteiger partial charge in [0.15, 0.2) is 0 Å². The van der Waals surface area contributed by atoms with Gasteiger partial charge in [0.05, 0.1) is 7.11 Å². The SMILES string of the molecule is COc1ncccc1CNCCC(=O)N1CCCCC1. The number of hydrogen-bond donors (Lipinski definition) is 1. The molecule has 20 heavy (non-hydrogen) atoms. The van der Waals surface area contributed by atoms with Crippen LogP contribution in [0.2, 0.25) is 0 Å². The first-order valence-corrected chi connectivity index (χ1v) is 7.27. The number of methoxy groups -OCH3 is 1. The van der Waals surface area contributed by atoms with E-state index in [-0.39, 0.29) is 5.91 Å². The lowest BCUT2D eigenvalue weighted by Crippen LogP contribution is -2.37. The number of nitrogens with one attached hydrogen (secondary N) is 1. The Balaban J connectivity index is 1.69. The molecule has 1 fully saturated rings. The van der Waals surface area contributed by atoms with E-state index in [9.17, 15) is 4.79 Å². The van der Waals surface area contributed by atoms with E-state index in [2.05, 4.69) is 10.3 Å². The lowest BCUT2D eigenvalue weighted by atomic mass is 10.1. The third-order valence-electron chi connectivity index (χ3n) is 3.58. The van der Waals surface area contributed by atoms with Gasteiger partial charge >= 0.3 is 0 Å². The van der Waals surface area contributed by atoms with Crippen LogP contribution in [0.4, 0.5) is 0 Å². The second kappa shape index (κ2) is 7.85. The molecule has 0 aliphatic carbocycles. The minimum Gasteiger partial charge on any atom is -0.481 e. The molecule has 0 saturated carbocycles. The van der Waals surface area contributed by atoms with E-state index in [1.54, 1.807) is 13.3 Å². The van der Waals surface area contributed by atoms with Crippen LogP contribution in [0.5, 0.6) is 5.88 Å². The minimum atomic E-state index is 0.260. The predicted octanol–water partition coefficient (Wildman–Crippen LogP) is 1.58. The second-order valence-corrected chi connectivity index (χ2v) is 5.04. The maximum atomic E-state index is 12.0. The van der Waals surface area contributed by atoms with Gasteiger partial charge in [-0.1, -0.05) is 6.07 Å². The summed E-state index contributed by atoms with van der Waals surface area (Å²) in [6, 6.07) is 3.86. The monoisotopic (exact) mass is 277 g/mol. The molecular formula is C15H23N3O2. The van der Waals surface area contributed by atoms with Crippen molar-refractivity contribution in [1.29, 1.82) is 0 Å². The Morgan fingerprint density at radius 3 is 2.95 bits per heavy atom. The first-order chi connectivity index (χ1) is 9.81. The van der Waals surface area contributed by atoms with Gasteiger partial charge in [0.2, 0.25) is 11.8 Å². The lowest BCUT2D eigenvalue weighted by molar-refractivity contribution is -0.131. The van der Waals surface area contributed by atoms with E-state index in [0.29, 0.717) is 25.4 Å². The summed E-state index contributed by atoms with van der Waals surface area (Å²) in [6.45, 7) is 3.21. The average Bonchev–Trinajstić information content (AvgIpc) is 2.52. The standard InChI is InChI=1S/C15H23N3O2/c1-20-15-13(6-5-8-17-15)12-16-9-7-14(19)18-10-3-2-4-11-18/h5-6,8,16H,2-4,7,9-12H2,1H3. The smallest absolute Gasteiger partial charge is 0.223 e. The molecule has 0 atom stereocenters.